The molecule has 1 aromatic heterocycles. The molecule has 0 saturated carbocycles. The van der Waals surface area contributed by atoms with Crippen molar-refractivity contribution in [1.82, 2.24) is 19.0 Å². The zero-order chi connectivity index (χ0) is 25.3. The maximum atomic E-state index is 13.4. The van der Waals surface area contributed by atoms with E-state index in [1.54, 1.807) is 41.1 Å². The first-order valence-electron chi connectivity index (χ1n) is 11.3. The number of benzene rings is 2. The van der Waals surface area contributed by atoms with Gasteiger partial charge in [0.2, 0.25) is 10.0 Å². The molecule has 12 heteroatoms. The SMILES string of the molecule is CCN(CC)c1nn(Cc2c(Cl)cccc2Cl)c2ccc(S(=O)(=O)N3CCN(C(=O)O)CC3)cc12. The fourth-order valence-electron chi connectivity index (χ4n) is 4.28. The molecule has 35 heavy (non-hydrogen) atoms. The highest BCUT2D eigenvalue weighted by Gasteiger charge is 2.31. The fourth-order valence-corrected chi connectivity index (χ4v) is 6.25. The number of hydrogen-bond donors (Lipinski definition) is 1. The van der Waals surface area contributed by atoms with Crippen LogP contribution in [0.2, 0.25) is 10.0 Å². The number of halogens is 2. The van der Waals surface area contributed by atoms with E-state index < -0.39 is 16.1 Å². The summed E-state index contributed by atoms with van der Waals surface area (Å²) < 4.78 is 29.9. The monoisotopic (exact) mass is 539 g/mol. The standard InChI is InChI=1S/C23H27Cl2N5O4S/c1-3-27(4-2)22-17-14-16(35(33,34)29-12-10-28(11-13-29)23(31)32)8-9-21(17)30(26-22)15-18-19(24)6-5-7-20(18)25/h5-9,14H,3-4,10-13,15H2,1-2H3,(H,31,32). The van der Waals surface area contributed by atoms with Crippen LogP contribution in [0.25, 0.3) is 10.9 Å². The van der Waals surface area contributed by atoms with Crippen molar-refractivity contribution in [3.05, 3.63) is 52.0 Å². The predicted molar refractivity (Wildman–Crippen MR) is 137 cm³/mol. The Bertz CT molecular complexity index is 1330. The van der Waals surface area contributed by atoms with Gasteiger partial charge in [0.05, 0.1) is 17.0 Å². The smallest absolute Gasteiger partial charge is 0.407 e. The van der Waals surface area contributed by atoms with E-state index >= 15 is 0 Å². The highest BCUT2D eigenvalue weighted by atomic mass is 35.5. The average Bonchev–Trinajstić information content (AvgIpc) is 3.20. The minimum Gasteiger partial charge on any atom is -0.465 e. The molecular weight excluding hydrogens is 513 g/mol. The number of amides is 1. The van der Waals surface area contributed by atoms with Gasteiger partial charge in [0.15, 0.2) is 5.82 Å². The summed E-state index contributed by atoms with van der Waals surface area (Å²) in [6.07, 6.45) is -1.04. The van der Waals surface area contributed by atoms with Crippen LogP contribution in [0.4, 0.5) is 10.6 Å². The lowest BCUT2D eigenvalue weighted by Gasteiger charge is -2.32. The molecule has 4 rings (SSSR count). The van der Waals surface area contributed by atoms with E-state index in [4.69, 9.17) is 33.4 Å². The molecule has 1 fully saturated rings. The van der Waals surface area contributed by atoms with E-state index in [1.807, 2.05) is 13.8 Å². The van der Waals surface area contributed by atoms with Crippen molar-refractivity contribution in [2.24, 2.45) is 0 Å². The van der Waals surface area contributed by atoms with Crippen molar-refractivity contribution in [1.29, 1.82) is 0 Å². The normalized spacial score (nSPS) is 15.0. The third kappa shape index (κ3) is 4.93. The summed E-state index contributed by atoms with van der Waals surface area (Å²) in [6.45, 7) is 6.26. The Morgan fingerprint density at radius 1 is 1.06 bits per heavy atom. The lowest BCUT2D eigenvalue weighted by molar-refractivity contribution is 0.126. The molecule has 2 aromatic carbocycles. The number of nitrogens with zero attached hydrogens (tertiary/aromatic N) is 5. The zero-order valence-corrected chi connectivity index (χ0v) is 21.8. The Balaban J connectivity index is 1.76. The van der Waals surface area contributed by atoms with Crippen LogP contribution < -0.4 is 4.90 Å². The van der Waals surface area contributed by atoms with Crippen LogP contribution >= 0.6 is 23.2 Å². The Morgan fingerprint density at radius 3 is 2.26 bits per heavy atom. The minimum atomic E-state index is -3.81. The summed E-state index contributed by atoms with van der Waals surface area (Å²) in [7, 11) is -3.81. The van der Waals surface area contributed by atoms with Crippen LogP contribution in [0, 0.1) is 0 Å². The number of anilines is 1. The van der Waals surface area contributed by atoms with Crippen LogP contribution in [0.5, 0.6) is 0 Å². The Labute approximate surface area is 214 Å². The van der Waals surface area contributed by atoms with Crippen molar-refractivity contribution < 1.29 is 18.3 Å². The van der Waals surface area contributed by atoms with Gasteiger partial charge in [0.1, 0.15) is 0 Å². The average molecular weight is 540 g/mol. The molecule has 1 aliphatic rings. The van der Waals surface area contributed by atoms with E-state index in [1.165, 1.54) is 9.21 Å². The number of carboxylic acid groups (broad SMARTS) is 1. The van der Waals surface area contributed by atoms with Gasteiger partial charge in [0, 0.05) is 60.3 Å². The molecule has 0 atom stereocenters. The molecule has 0 aliphatic carbocycles. The van der Waals surface area contributed by atoms with Crippen LogP contribution in [0.15, 0.2) is 41.3 Å². The summed E-state index contributed by atoms with van der Waals surface area (Å²) in [5.74, 6) is 0.681. The summed E-state index contributed by atoms with van der Waals surface area (Å²) in [5, 5.41) is 15.8. The van der Waals surface area contributed by atoms with Gasteiger partial charge in [-0.1, -0.05) is 29.3 Å². The van der Waals surface area contributed by atoms with Gasteiger partial charge in [-0.05, 0) is 44.2 Å². The van der Waals surface area contributed by atoms with Gasteiger partial charge in [-0.25, -0.2) is 13.2 Å². The maximum absolute atomic E-state index is 13.4. The van der Waals surface area contributed by atoms with Crippen LogP contribution in [0.1, 0.15) is 19.4 Å². The minimum absolute atomic E-state index is 0.111. The molecule has 188 valence electrons. The molecule has 0 unspecified atom stereocenters. The second kappa shape index (κ2) is 10.2. The number of fused-ring (bicyclic) bond motifs is 1. The van der Waals surface area contributed by atoms with Crippen molar-refractivity contribution >= 4 is 56.0 Å². The van der Waals surface area contributed by atoms with Crippen molar-refractivity contribution in [2.75, 3.05) is 44.2 Å². The van der Waals surface area contributed by atoms with Gasteiger partial charge in [-0.3, -0.25) is 4.68 Å². The largest absolute Gasteiger partial charge is 0.465 e. The molecule has 1 N–H and O–H groups in total. The molecule has 0 bridgehead atoms. The second-order valence-electron chi connectivity index (χ2n) is 8.21. The van der Waals surface area contributed by atoms with E-state index in [2.05, 4.69) is 4.90 Å². The Hall–Kier alpha value is -2.53. The molecule has 3 aromatic rings. The number of rotatable bonds is 7. The van der Waals surface area contributed by atoms with Gasteiger partial charge in [-0.15, -0.1) is 0 Å². The number of aromatic nitrogens is 2. The molecule has 0 radical (unpaired) electrons. The quantitative estimate of drug-likeness (QED) is 0.482. The highest BCUT2D eigenvalue weighted by molar-refractivity contribution is 7.89. The molecule has 2 heterocycles. The molecule has 1 aliphatic heterocycles. The summed E-state index contributed by atoms with van der Waals surface area (Å²) in [6, 6.07) is 10.3. The van der Waals surface area contributed by atoms with E-state index in [0.717, 1.165) is 11.1 Å². The number of hydrogen-bond acceptors (Lipinski definition) is 5. The van der Waals surface area contributed by atoms with E-state index in [0.29, 0.717) is 40.9 Å². The van der Waals surface area contributed by atoms with E-state index in [9.17, 15) is 13.2 Å². The zero-order valence-electron chi connectivity index (χ0n) is 19.5. The number of sulfonamides is 1. The highest BCUT2D eigenvalue weighted by Crippen LogP contribution is 2.32. The third-order valence-corrected chi connectivity index (χ3v) is 8.88. The van der Waals surface area contributed by atoms with E-state index in [-0.39, 0.29) is 31.1 Å². The van der Waals surface area contributed by atoms with Gasteiger partial charge < -0.3 is 14.9 Å². The molecule has 9 nitrogen and oxygen atoms in total. The number of piperazine rings is 1. The summed E-state index contributed by atoms with van der Waals surface area (Å²) in [4.78, 5) is 14.6. The topological polar surface area (TPSA) is 99.0 Å². The Kier molecular flexibility index (Phi) is 7.46. The van der Waals surface area contributed by atoms with Crippen LogP contribution in [-0.4, -0.2) is 77.9 Å². The second-order valence-corrected chi connectivity index (χ2v) is 11.0. The van der Waals surface area contributed by atoms with Crippen molar-refractivity contribution in [3.8, 4) is 0 Å². The van der Waals surface area contributed by atoms with Crippen molar-refractivity contribution in [3.63, 3.8) is 0 Å². The molecule has 1 amide bonds. The summed E-state index contributed by atoms with van der Waals surface area (Å²) in [5.41, 5.74) is 1.50. The first kappa shape index (κ1) is 25.6. The lowest BCUT2D eigenvalue weighted by Crippen LogP contribution is -2.50. The number of carbonyl (C=O) groups is 1. The van der Waals surface area contributed by atoms with Gasteiger partial charge in [-0.2, -0.15) is 9.40 Å². The van der Waals surface area contributed by atoms with Crippen LogP contribution in [-0.2, 0) is 16.6 Å². The molecular formula is C23H27Cl2N5O4S. The van der Waals surface area contributed by atoms with Gasteiger partial charge in [0.25, 0.3) is 0 Å². The summed E-state index contributed by atoms with van der Waals surface area (Å²) >= 11 is 12.8. The first-order valence-corrected chi connectivity index (χ1v) is 13.5. The fraction of sp³-hybridized carbons (Fsp3) is 0.391. The first-order chi connectivity index (χ1) is 16.7. The van der Waals surface area contributed by atoms with Gasteiger partial charge >= 0.3 is 6.09 Å². The van der Waals surface area contributed by atoms with Crippen LogP contribution in [0.3, 0.4) is 0 Å². The molecule has 1 saturated heterocycles. The third-order valence-electron chi connectivity index (χ3n) is 6.28. The lowest BCUT2D eigenvalue weighted by atomic mass is 10.2. The Morgan fingerprint density at radius 2 is 1.69 bits per heavy atom. The maximum Gasteiger partial charge on any atom is 0.407 e. The molecule has 0 spiro atoms. The van der Waals surface area contributed by atoms with Crippen molar-refractivity contribution in [2.45, 2.75) is 25.3 Å². The predicted octanol–water partition coefficient (Wildman–Crippen LogP) is 4.22.